The third kappa shape index (κ3) is 3.54. The highest BCUT2D eigenvalue weighted by atomic mass is 16.5. The second kappa shape index (κ2) is 6.33. The molecule has 0 aliphatic rings. The zero-order valence-electron chi connectivity index (χ0n) is 11.3. The number of nitrogens with zero attached hydrogens (tertiary/aromatic N) is 3. The van der Waals surface area contributed by atoms with E-state index in [1.54, 1.807) is 4.68 Å². The molecule has 0 radical (unpaired) electrons. The molecule has 5 heteroatoms. The maximum atomic E-state index is 8.90. The molecule has 1 aromatic heterocycles. The van der Waals surface area contributed by atoms with E-state index in [1.165, 1.54) is 5.56 Å². The Hall–Kier alpha value is -1.88. The number of aryl methyl sites for hydroxylation is 1. The van der Waals surface area contributed by atoms with Gasteiger partial charge >= 0.3 is 0 Å². The molecule has 0 fully saturated rings. The van der Waals surface area contributed by atoms with Crippen LogP contribution in [0.25, 0.3) is 0 Å². The molecule has 0 aliphatic heterocycles. The van der Waals surface area contributed by atoms with E-state index in [2.05, 4.69) is 10.3 Å². The maximum absolute atomic E-state index is 8.90. The molecule has 0 unspecified atom stereocenters. The summed E-state index contributed by atoms with van der Waals surface area (Å²) in [5.41, 5.74) is 3.05. The first-order valence-electron chi connectivity index (χ1n) is 6.40. The van der Waals surface area contributed by atoms with E-state index in [1.807, 2.05) is 38.1 Å². The van der Waals surface area contributed by atoms with Crippen LogP contribution in [0.2, 0.25) is 0 Å². The lowest BCUT2D eigenvalue weighted by Gasteiger charge is -2.07. The van der Waals surface area contributed by atoms with E-state index in [-0.39, 0.29) is 6.61 Å². The summed E-state index contributed by atoms with van der Waals surface area (Å²) in [5.74, 6) is 0.860. The zero-order valence-corrected chi connectivity index (χ0v) is 11.3. The molecular formula is C14H19N3O2. The lowest BCUT2D eigenvalue weighted by molar-refractivity contribution is 0.288. The summed E-state index contributed by atoms with van der Waals surface area (Å²) in [5, 5.41) is 17.0. The Morgan fingerprint density at radius 2 is 1.95 bits per heavy atom. The highest BCUT2D eigenvalue weighted by Crippen LogP contribution is 2.11. The average molecular weight is 261 g/mol. The van der Waals surface area contributed by atoms with Crippen LogP contribution in [0.5, 0.6) is 5.75 Å². The second-order valence-electron chi connectivity index (χ2n) is 4.48. The fraction of sp³-hybridized carbons (Fsp3) is 0.429. The zero-order chi connectivity index (χ0) is 13.7. The summed E-state index contributed by atoms with van der Waals surface area (Å²) in [6.45, 7) is 5.30. The van der Waals surface area contributed by atoms with Crippen LogP contribution in [-0.2, 0) is 13.0 Å². The molecule has 0 atom stereocenters. The van der Waals surface area contributed by atoms with Crippen LogP contribution in [0.4, 0.5) is 0 Å². The Morgan fingerprint density at radius 1 is 1.21 bits per heavy atom. The van der Waals surface area contributed by atoms with Gasteiger partial charge in [0.05, 0.1) is 17.9 Å². The van der Waals surface area contributed by atoms with Crippen LogP contribution < -0.4 is 4.74 Å². The minimum Gasteiger partial charge on any atom is -0.492 e. The van der Waals surface area contributed by atoms with Crippen molar-refractivity contribution in [1.29, 1.82) is 0 Å². The van der Waals surface area contributed by atoms with Crippen LogP contribution >= 0.6 is 0 Å². The summed E-state index contributed by atoms with van der Waals surface area (Å²) in [6.07, 6.45) is 0.546. The van der Waals surface area contributed by atoms with Crippen molar-refractivity contribution < 1.29 is 9.84 Å². The fourth-order valence-corrected chi connectivity index (χ4v) is 1.83. The van der Waals surface area contributed by atoms with Crippen molar-refractivity contribution in [3.63, 3.8) is 0 Å². The number of aliphatic hydroxyl groups is 1. The van der Waals surface area contributed by atoms with E-state index in [0.29, 0.717) is 19.6 Å². The number of aromatic nitrogens is 3. The van der Waals surface area contributed by atoms with Crippen molar-refractivity contribution in [3.05, 3.63) is 41.2 Å². The predicted molar refractivity (Wildman–Crippen MR) is 72.2 cm³/mol. The molecule has 0 bridgehead atoms. The molecule has 2 rings (SSSR count). The van der Waals surface area contributed by atoms with Gasteiger partial charge in [-0.15, -0.1) is 5.10 Å². The van der Waals surface area contributed by atoms with Gasteiger partial charge in [0.1, 0.15) is 12.4 Å². The smallest absolute Gasteiger partial charge is 0.119 e. The van der Waals surface area contributed by atoms with E-state index >= 15 is 0 Å². The SMILES string of the molecule is Cc1ccc(OCCn2nnc(CCO)c2C)cc1. The van der Waals surface area contributed by atoms with Crippen molar-refractivity contribution in [2.45, 2.75) is 26.8 Å². The lowest BCUT2D eigenvalue weighted by atomic mass is 10.2. The molecule has 0 saturated heterocycles. The van der Waals surface area contributed by atoms with Gasteiger partial charge < -0.3 is 9.84 Å². The first-order valence-corrected chi connectivity index (χ1v) is 6.40. The molecule has 102 valence electrons. The predicted octanol–water partition coefficient (Wildman–Crippen LogP) is 1.51. The Kier molecular flexibility index (Phi) is 4.52. The molecule has 5 nitrogen and oxygen atoms in total. The lowest BCUT2D eigenvalue weighted by Crippen LogP contribution is -2.11. The van der Waals surface area contributed by atoms with Gasteiger partial charge in [-0.25, -0.2) is 4.68 Å². The Bertz CT molecular complexity index is 520. The molecular weight excluding hydrogens is 242 g/mol. The van der Waals surface area contributed by atoms with Crippen LogP contribution in [0, 0.1) is 13.8 Å². The Morgan fingerprint density at radius 3 is 2.63 bits per heavy atom. The molecule has 19 heavy (non-hydrogen) atoms. The van der Waals surface area contributed by atoms with Gasteiger partial charge in [-0.2, -0.15) is 0 Å². The quantitative estimate of drug-likeness (QED) is 0.856. The summed E-state index contributed by atoms with van der Waals surface area (Å²) in [6, 6.07) is 7.96. The minimum atomic E-state index is 0.0966. The first kappa shape index (κ1) is 13.5. The third-order valence-corrected chi connectivity index (χ3v) is 3.02. The summed E-state index contributed by atoms with van der Waals surface area (Å²) in [4.78, 5) is 0. The average Bonchev–Trinajstić information content (AvgIpc) is 2.75. The highest BCUT2D eigenvalue weighted by Gasteiger charge is 2.07. The van der Waals surface area contributed by atoms with Gasteiger partial charge in [0.15, 0.2) is 0 Å². The van der Waals surface area contributed by atoms with Gasteiger partial charge in [0.2, 0.25) is 0 Å². The third-order valence-electron chi connectivity index (χ3n) is 3.02. The Labute approximate surface area is 112 Å². The van der Waals surface area contributed by atoms with Crippen LogP contribution in [0.1, 0.15) is 17.0 Å². The highest BCUT2D eigenvalue weighted by molar-refractivity contribution is 5.26. The molecule has 1 heterocycles. The van der Waals surface area contributed by atoms with Crippen LogP contribution in [0.15, 0.2) is 24.3 Å². The molecule has 0 amide bonds. The monoisotopic (exact) mass is 261 g/mol. The van der Waals surface area contributed by atoms with Crippen molar-refractivity contribution in [2.75, 3.05) is 13.2 Å². The standard InChI is InChI=1S/C14H19N3O2/c1-11-3-5-13(6-4-11)19-10-8-17-12(2)14(7-9-18)15-16-17/h3-6,18H,7-10H2,1-2H3. The van der Waals surface area contributed by atoms with Crippen LogP contribution in [0.3, 0.4) is 0 Å². The van der Waals surface area contributed by atoms with Gasteiger partial charge in [-0.3, -0.25) is 0 Å². The summed E-state index contributed by atoms with van der Waals surface area (Å²) < 4.78 is 7.46. The second-order valence-corrected chi connectivity index (χ2v) is 4.48. The molecule has 1 N–H and O–H groups in total. The molecule has 1 aromatic carbocycles. The van der Waals surface area contributed by atoms with E-state index in [0.717, 1.165) is 17.1 Å². The summed E-state index contributed by atoms with van der Waals surface area (Å²) in [7, 11) is 0. The minimum absolute atomic E-state index is 0.0966. The molecule has 0 aliphatic carbocycles. The largest absolute Gasteiger partial charge is 0.492 e. The van der Waals surface area contributed by atoms with Gasteiger partial charge in [-0.05, 0) is 26.0 Å². The van der Waals surface area contributed by atoms with Crippen molar-refractivity contribution in [1.82, 2.24) is 15.0 Å². The number of hydrogen-bond acceptors (Lipinski definition) is 4. The number of benzene rings is 1. The molecule has 0 spiro atoms. The number of hydrogen-bond donors (Lipinski definition) is 1. The normalized spacial score (nSPS) is 10.7. The van der Waals surface area contributed by atoms with Crippen molar-refractivity contribution in [2.24, 2.45) is 0 Å². The summed E-state index contributed by atoms with van der Waals surface area (Å²) >= 11 is 0. The number of ether oxygens (including phenoxy) is 1. The van der Waals surface area contributed by atoms with E-state index in [9.17, 15) is 0 Å². The van der Waals surface area contributed by atoms with Gasteiger partial charge in [-0.1, -0.05) is 22.9 Å². The van der Waals surface area contributed by atoms with Crippen molar-refractivity contribution in [3.8, 4) is 5.75 Å². The van der Waals surface area contributed by atoms with Crippen LogP contribution in [-0.4, -0.2) is 33.3 Å². The maximum Gasteiger partial charge on any atom is 0.119 e. The van der Waals surface area contributed by atoms with E-state index < -0.39 is 0 Å². The fourth-order valence-electron chi connectivity index (χ4n) is 1.83. The topological polar surface area (TPSA) is 60.2 Å². The van der Waals surface area contributed by atoms with Gasteiger partial charge in [0, 0.05) is 13.0 Å². The van der Waals surface area contributed by atoms with Gasteiger partial charge in [0.25, 0.3) is 0 Å². The Balaban J connectivity index is 1.87. The van der Waals surface area contributed by atoms with E-state index in [4.69, 9.17) is 9.84 Å². The molecule has 0 saturated carbocycles. The van der Waals surface area contributed by atoms with Crippen molar-refractivity contribution >= 4 is 0 Å². The number of rotatable bonds is 6. The number of aliphatic hydroxyl groups excluding tert-OH is 1. The first-order chi connectivity index (χ1) is 9.20. The molecule has 2 aromatic rings.